The maximum atomic E-state index is 11.7. The number of carbonyl (C=O) groups is 1. The summed E-state index contributed by atoms with van der Waals surface area (Å²) in [5.74, 6) is 0.547. The smallest absolute Gasteiger partial charge is 0.319 e. The van der Waals surface area contributed by atoms with Crippen molar-refractivity contribution in [2.45, 2.75) is 33.2 Å². The van der Waals surface area contributed by atoms with E-state index in [1.165, 1.54) is 0 Å². The number of hydrogen-bond donors (Lipinski definition) is 2. The number of rotatable bonds is 4. The van der Waals surface area contributed by atoms with Gasteiger partial charge >= 0.3 is 6.03 Å². The van der Waals surface area contributed by atoms with Gasteiger partial charge in [-0.3, -0.25) is 0 Å². The summed E-state index contributed by atoms with van der Waals surface area (Å²) in [6.45, 7) is 6.22. The summed E-state index contributed by atoms with van der Waals surface area (Å²) in [5, 5.41) is 6.48. The van der Waals surface area contributed by atoms with Crippen LogP contribution in [-0.4, -0.2) is 12.1 Å². The van der Waals surface area contributed by atoms with E-state index < -0.39 is 0 Å². The van der Waals surface area contributed by atoms with Gasteiger partial charge in [0.05, 0.1) is 10.0 Å². The van der Waals surface area contributed by atoms with Crippen LogP contribution in [0.1, 0.15) is 27.2 Å². The first-order valence-corrected chi connectivity index (χ1v) is 6.66. The lowest BCUT2D eigenvalue weighted by molar-refractivity contribution is 0.247. The lowest BCUT2D eigenvalue weighted by atomic mass is 10.1. The highest BCUT2D eigenvalue weighted by Gasteiger charge is 2.09. The first-order valence-electron chi connectivity index (χ1n) is 5.91. The zero-order valence-electron chi connectivity index (χ0n) is 10.8. The molecule has 3 nitrogen and oxygen atoms in total. The highest BCUT2D eigenvalue weighted by Crippen LogP contribution is 2.24. The van der Waals surface area contributed by atoms with Gasteiger partial charge in [0.25, 0.3) is 0 Å². The van der Waals surface area contributed by atoms with Gasteiger partial charge in [0.15, 0.2) is 0 Å². The molecule has 0 aromatic heterocycles. The lowest BCUT2D eigenvalue weighted by Crippen LogP contribution is -2.36. The van der Waals surface area contributed by atoms with Gasteiger partial charge in [-0.1, -0.05) is 37.0 Å². The average molecular weight is 289 g/mol. The van der Waals surface area contributed by atoms with Gasteiger partial charge < -0.3 is 10.6 Å². The van der Waals surface area contributed by atoms with Gasteiger partial charge in [-0.25, -0.2) is 4.79 Å². The third-order valence-corrected chi connectivity index (χ3v) is 3.12. The number of benzene rings is 1. The fourth-order valence-electron chi connectivity index (χ4n) is 1.73. The molecule has 1 unspecified atom stereocenters. The maximum Gasteiger partial charge on any atom is 0.319 e. The van der Waals surface area contributed by atoms with E-state index in [2.05, 4.69) is 24.5 Å². The molecule has 0 radical (unpaired) electrons. The predicted molar refractivity (Wildman–Crippen MR) is 77.5 cm³/mol. The van der Waals surface area contributed by atoms with Crippen molar-refractivity contribution < 1.29 is 4.79 Å². The molecule has 18 heavy (non-hydrogen) atoms. The molecule has 1 aromatic rings. The van der Waals surface area contributed by atoms with Crippen LogP contribution in [-0.2, 0) is 0 Å². The third kappa shape index (κ3) is 5.15. The minimum Gasteiger partial charge on any atom is -0.335 e. The SMILES string of the molecule is CC(C)CC(C)NC(=O)Nc1ccc(Cl)c(Cl)c1. The summed E-state index contributed by atoms with van der Waals surface area (Å²) >= 11 is 11.7. The summed E-state index contributed by atoms with van der Waals surface area (Å²) in [7, 11) is 0. The van der Waals surface area contributed by atoms with Gasteiger partial charge in [0.1, 0.15) is 0 Å². The molecule has 1 rings (SSSR count). The van der Waals surface area contributed by atoms with Crippen LogP contribution in [0, 0.1) is 5.92 Å². The summed E-state index contributed by atoms with van der Waals surface area (Å²) in [6, 6.07) is 4.88. The molecule has 5 heteroatoms. The summed E-state index contributed by atoms with van der Waals surface area (Å²) in [5.41, 5.74) is 0.624. The van der Waals surface area contributed by atoms with Crippen molar-refractivity contribution in [3.63, 3.8) is 0 Å². The molecule has 0 bridgehead atoms. The van der Waals surface area contributed by atoms with E-state index >= 15 is 0 Å². The minimum absolute atomic E-state index is 0.132. The van der Waals surface area contributed by atoms with E-state index in [1.54, 1.807) is 18.2 Å². The molecule has 0 heterocycles. The Morgan fingerprint density at radius 2 is 1.89 bits per heavy atom. The maximum absolute atomic E-state index is 11.7. The molecule has 0 fully saturated rings. The van der Waals surface area contributed by atoms with Gasteiger partial charge in [-0.05, 0) is 37.5 Å². The Morgan fingerprint density at radius 1 is 1.22 bits per heavy atom. The molecule has 0 aliphatic carbocycles. The first-order chi connectivity index (χ1) is 8.38. The fraction of sp³-hybridized carbons (Fsp3) is 0.462. The molecule has 0 aliphatic heterocycles. The van der Waals surface area contributed by atoms with Crippen molar-refractivity contribution >= 4 is 34.9 Å². The zero-order chi connectivity index (χ0) is 13.7. The zero-order valence-corrected chi connectivity index (χ0v) is 12.3. The number of carbonyl (C=O) groups excluding carboxylic acids is 1. The monoisotopic (exact) mass is 288 g/mol. The quantitative estimate of drug-likeness (QED) is 0.838. The first kappa shape index (κ1) is 15.1. The Labute approximate surface area is 118 Å². The molecular weight excluding hydrogens is 271 g/mol. The number of nitrogens with one attached hydrogen (secondary N) is 2. The molecule has 100 valence electrons. The second kappa shape index (κ2) is 6.86. The minimum atomic E-state index is -0.235. The number of urea groups is 1. The Hall–Kier alpha value is -0.930. The van der Waals surface area contributed by atoms with Crippen molar-refractivity contribution in [2.75, 3.05) is 5.32 Å². The van der Waals surface area contributed by atoms with Crippen LogP contribution < -0.4 is 10.6 Å². The van der Waals surface area contributed by atoms with Crippen LogP contribution >= 0.6 is 23.2 Å². The van der Waals surface area contributed by atoms with Crippen LogP contribution in [0.25, 0.3) is 0 Å². The largest absolute Gasteiger partial charge is 0.335 e. The molecule has 0 spiro atoms. The Bertz CT molecular complexity index is 421. The van der Waals surface area contributed by atoms with Gasteiger partial charge in [0.2, 0.25) is 0 Å². The van der Waals surface area contributed by atoms with E-state index in [1.807, 2.05) is 6.92 Å². The van der Waals surface area contributed by atoms with Crippen molar-refractivity contribution in [3.8, 4) is 0 Å². The van der Waals surface area contributed by atoms with E-state index in [0.717, 1.165) is 6.42 Å². The van der Waals surface area contributed by atoms with Crippen molar-refractivity contribution in [1.82, 2.24) is 5.32 Å². The normalized spacial score (nSPS) is 12.3. The summed E-state index contributed by atoms with van der Waals surface area (Å²) in [4.78, 5) is 11.7. The standard InChI is InChI=1S/C13H18Cl2N2O/c1-8(2)6-9(3)16-13(18)17-10-4-5-11(14)12(15)7-10/h4-5,7-9H,6H2,1-3H3,(H2,16,17,18). The highest BCUT2D eigenvalue weighted by atomic mass is 35.5. The number of amides is 2. The summed E-state index contributed by atoms with van der Waals surface area (Å²) in [6.07, 6.45) is 0.939. The second-order valence-electron chi connectivity index (χ2n) is 4.76. The Morgan fingerprint density at radius 3 is 2.44 bits per heavy atom. The molecule has 0 saturated carbocycles. The molecule has 1 aromatic carbocycles. The van der Waals surface area contributed by atoms with Gasteiger partial charge in [-0.15, -0.1) is 0 Å². The van der Waals surface area contributed by atoms with Crippen LogP contribution in [0.5, 0.6) is 0 Å². The Balaban J connectivity index is 2.51. The predicted octanol–water partition coefficient (Wildman–Crippen LogP) is 4.55. The second-order valence-corrected chi connectivity index (χ2v) is 5.57. The average Bonchev–Trinajstić information content (AvgIpc) is 2.21. The van der Waals surface area contributed by atoms with Crippen molar-refractivity contribution in [1.29, 1.82) is 0 Å². The number of hydrogen-bond acceptors (Lipinski definition) is 1. The van der Waals surface area contributed by atoms with Gasteiger partial charge in [0, 0.05) is 11.7 Å². The molecule has 2 N–H and O–H groups in total. The van der Waals surface area contributed by atoms with Crippen LogP contribution in [0.3, 0.4) is 0 Å². The van der Waals surface area contributed by atoms with Gasteiger partial charge in [-0.2, -0.15) is 0 Å². The molecular formula is C13H18Cl2N2O. The molecule has 0 saturated heterocycles. The fourth-order valence-corrected chi connectivity index (χ4v) is 2.03. The molecule has 2 amide bonds. The van der Waals surface area contributed by atoms with E-state index in [-0.39, 0.29) is 12.1 Å². The topological polar surface area (TPSA) is 41.1 Å². The summed E-state index contributed by atoms with van der Waals surface area (Å²) < 4.78 is 0. The van der Waals surface area contributed by atoms with E-state index in [9.17, 15) is 4.79 Å². The van der Waals surface area contributed by atoms with Crippen molar-refractivity contribution in [2.24, 2.45) is 5.92 Å². The Kier molecular flexibility index (Phi) is 5.76. The van der Waals surface area contributed by atoms with Crippen LogP contribution in [0.2, 0.25) is 10.0 Å². The third-order valence-electron chi connectivity index (χ3n) is 2.38. The molecule has 1 atom stereocenters. The van der Waals surface area contributed by atoms with Crippen molar-refractivity contribution in [3.05, 3.63) is 28.2 Å². The number of halogens is 2. The van der Waals surface area contributed by atoms with E-state index in [0.29, 0.717) is 21.7 Å². The van der Waals surface area contributed by atoms with Crippen LogP contribution in [0.15, 0.2) is 18.2 Å². The number of anilines is 1. The molecule has 0 aliphatic rings. The lowest BCUT2D eigenvalue weighted by Gasteiger charge is -2.16. The van der Waals surface area contributed by atoms with Crippen LogP contribution in [0.4, 0.5) is 10.5 Å². The highest BCUT2D eigenvalue weighted by molar-refractivity contribution is 6.42. The van der Waals surface area contributed by atoms with E-state index in [4.69, 9.17) is 23.2 Å².